The smallest absolute Gasteiger partial charge is 0.221 e. The van der Waals surface area contributed by atoms with Crippen LogP contribution < -0.4 is 30.4 Å². The van der Waals surface area contributed by atoms with Crippen LogP contribution in [0.15, 0.2) is 84.9 Å². The van der Waals surface area contributed by atoms with E-state index in [1.165, 1.54) is 0 Å². The molecule has 0 aliphatic rings. The molecule has 4 N–H and O–H groups in total. The highest BCUT2D eigenvalue weighted by atomic mass is 16.5. The third-order valence-corrected chi connectivity index (χ3v) is 10.2. The van der Waals surface area contributed by atoms with E-state index in [1.807, 2.05) is 86.6 Å². The molecular formula is C44H50N4O6. The number of primary amides is 2. The van der Waals surface area contributed by atoms with Gasteiger partial charge in [-0.3, -0.25) is 9.59 Å². The van der Waals surface area contributed by atoms with E-state index < -0.39 is 0 Å². The molecule has 2 aromatic heterocycles. The summed E-state index contributed by atoms with van der Waals surface area (Å²) in [4.78, 5) is 23.9. The maximum absolute atomic E-state index is 11.9. The maximum Gasteiger partial charge on any atom is 0.221 e. The molecule has 0 atom stereocenters. The zero-order valence-electron chi connectivity index (χ0n) is 31.7. The maximum atomic E-state index is 11.9. The van der Waals surface area contributed by atoms with Crippen LogP contribution in [0.3, 0.4) is 0 Å². The van der Waals surface area contributed by atoms with Gasteiger partial charge in [0.15, 0.2) is 0 Å². The summed E-state index contributed by atoms with van der Waals surface area (Å²) < 4.78 is 28.0. The fourth-order valence-corrected chi connectivity index (χ4v) is 7.33. The third kappa shape index (κ3) is 8.49. The van der Waals surface area contributed by atoms with E-state index in [1.54, 1.807) is 14.2 Å². The van der Waals surface area contributed by atoms with Crippen LogP contribution in [0, 0.1) is 13.8 Å². The van der Waals surface area contributed by atoms with Crippen LogP contribution in [-0.4, -0.2) is 48.4 Å². The number of carbonyl (C=O) groups is 2. The largest absolute Gasteiger partial charge is 0.497 e. The van der Waals surface area contributed by atoms with E-state index in [-0.39, 0.29) is 24.7 Å². The number of methoxy groups -OCH3 is 2. The number of hydrogen-bond acceptors (Lipinski definition) is 6. The highest BCUT2D eigenvalue weighted by molar-refractivity contribution is 5.92. The van der Waals surface area contributed by atoms with Crippen LogP contribution in [0.25, 0.3) is 21.8 Å². The van der Waals surface area contributed by atoms with Crippen molar-refractivity contribution >= 4 is 33.6 Å². The van der Waals surface area contributed by atoms with E-state index in [0.717, 1.165) is 104 Å². The molecule has 6 rings (SSSR count). The molecule has 282 valence electrons. The SMILES string of the molecule is COc1ccc2c(c1)c(CC(N)=O)c(C)n2Cc1ccccc1OCCCCCCOc1ccccc1Cn1c(C)c(CC(N)=O)c2cc(OC)ccc21. The Morgan fingerprint density at radius 3 is 1.37 bits per heavy atom. The van der Waals surface area contributed by atoms with Crippen molar-refractivity contribution in [3.05, 3.63) is 119 Å². The Kier molecular flexibility index (Phi) is 12.1. The number of amides is 2. The molecule has 0 fully saturated rings. The van der Waals surface area contributed by atoms with Crippen LogP contribution in [0.1, 0.15) is 59.3 Å². The molecule has 2 amide bonds. The lowest BCUT2D eigenvalue weighted by atomic mass is 10.1. The zero-order valence-corrected chi connectivity index (χ0v) is 31.7. The molecule has 0 bridgehead atoms. The van der Waals surface area contributed by atoms with Gasteiger partial charge in [-0.15, -0.1) is 0 Å². The van der Waals surface area contributed by atoms with Crippen LogP contribution in [0.2, 0.25) is 0 Å². The summed E-state index contributed by atoms with van der Waals surface area (Å²) in [6, 6.07) is 28.1. The van der Waals surface area contributed by atoms with Crippen molar-refractivity contribution in [3.8, 4) is 23.0 Å². The zero-order chi connectivity index (χ0) is 38.2. The summed E-state index contributed by atoms with van der Waals surface area (Å²) in [5, 5.41) is 1.94. The first-order chi connectivity index (χ1) is 26.2. The molecule has 0 saturated heterocycles. The van der Waals surface area contributed by atoms with E-state index in [0.29, 0.717) is 26.3 Å². The van der Waals surface area contributed by atoms with Gasteiger partial charge in [-0.05, 0) is 99.2 Å². The summed E-state index contributed by atoms with van der Waals surface area (Å²) in [6.07, 6.45) is 4.23. The van der Waals surface area contributed by atoms with Crippen molar-refractivity contribution in [3.63, 3.8) is 0 Å². The molecule has 0 aliphatic heterocycles. The average Bonchev–Trinajstić information content (AvgIpc) is 3.57. The minimum atomic E-state index is -0.364. The third-order valence-electron chi connectivity index (χ3n) is 10.2. The number of aromatic nitrogens is 2. The van der Waals surface area contributed by atoms with Gasteiger partial charge >= 0.3 is 0 Å². The predicted molar refractivity (Wildman–Crippen MR) is 213 cm³/mol. The standard InChI is InChI=1S/C44H50N4O6/c1-29-35(25-43(45)49)37-23-33(51-3)17-19-39(37)47(29)27-31-13-7-9-15-41(31)53-21-11-5-6-12-22-54-42-16-10-8-14-32(42)28-48-30(2)36(26-44(46)50)38-24-34(52-4)18-20-40(38)48/h7-10,13-20,23-24H,5-6,11-12,21-22,25-28H2,1-4H3,(H2,45,49)(H2,46,50). The van der Waals surface area contributed by atoms with Gasteiger partial charge in [0.2, 0.25) is 11.8 Å². The Hall–Kier alpha value is -5.90. The van der Waals surface area contributed by atoms with Gasteiger partial charge in [0, 0.05) is 44.3 Å². The first-order valence-corrected chi connectivity index (χ1v) is 18.5. The fraction of sp³-hybridized carbons (Fsp3) is 0.318. The number of benzene rings is 4. The number of fused-ring (bicyclic) bond motifs is 2. The van der Waals surface area contributed by atoms with Gasteiger partial charge in [-0.25, -0.2) is 0 Å². The molecular weight excluding hydrogens is 681 g/mol. The van der Waals surface area contributed by atoms with E-state index in [4.69, 9.17) is 30.4 Å². The van der Waals surface area contributed by atoms with Gasteiger partial charge < -0.3 is 39.5 Å². The van der Waals surface area contributed by atoms with Crippen LogP contribution >= 0.6 is 0 Å². The van der Waals surface area contributed by atoms with Crippen molar-refractivity contribution in [2.75, 3.05) is 27.4 Å². The number of ether oxygens (including phenoxy) is 4. The van der Waals surface area contributed by atoms with Gasteiger partial charge in [-0.1, -0.05) is 36.4 Å². The number of para-hydroxylation sites is 2. The van der Waals surface area contributed by atoms with Crippen LogP contribution in [0.4, 0.5) is 0 Å². The summed E-state index contributed by atoms with van der Waals surface area (Å²) in [6.45, 7) is 6.50. The second-order valence-electron chi connectivity index (χ2n) is 13.7. The Balaban J connectivity index is 1.02. The van der Waals surface area contributed by atoms with Crippen molar-refractivity contribution in [1.29, 1.82) is 0 Å². The lowest BCUT2D eigenvalue weighted by molar-refractivity contribution is -0.118. The van der Waals surface area contributed by atoms with E-state index in [9.17, 15) is 9.59 Å². The van der Waals surface area contributed by atoms with Crippen LogP contribution in [0.5, 0.6) is 23.0 Å². The summed E-state index contributed by atoms with van der Waals surface area (Å²) in [5.41, 5.74) is 19.3. The summed E-state index contributed by atoms with van der Waals surface area (Å²) in [5.74, 6) is 2.46. The molecule has 4 aromatic carbocycles. The van der Waals surface area contributed by atoms with Gasteiger partial charge in [-0.2, -0.15) is 0 Å². The van der Waals surface area contributed by atoms with Crippen molar-refractivity contribution in [2.45, 2.75) is 65.5 Å². The number of nitrogens with two attached hydrogens (primary N) is 2. The van der Waals surface area contributed by atoms with Crippen LogP contribution in [-0.2, 0) is 35.5 Å². The fourth-order valence-electron chi connectivity index (χ4n) is 7.33. The second kappa shape index (κ2) is 17.3. The van der Waals surface area contributed by atoms with Crippen molar-refractivity contribution < 1.29 is 28.5 Å². The molecule has 0 spiro atoms. The minimum Gasteiger partial charge on any atom is -0.497 e. The van der Waals surface area contributed by atoms with Crippen molar-refractivity contribution in [1.82, 2.24) is 9.13 Å². The Bertz CT molecular complexity index is 2110. The van der Waals surface area contributed by atoms with E-state index in [2.05, 4.69) is 21.3 Å². The molecule has 0 unspecified atom stereocenters. The summed E-state index contributed by atoms with van der Waals surface area (Å²) in [7, 11) is 3.28. The molecule has 0 aliphatic carbocycles. The quantitative estimate of drug-likeness (QED) is 0.0835. The molecule has 10 nitrogen and oxygen atoms in total. The van der Waals surface area contributed by atoms with Gasteiger partial charge in [0.1, 0.15) is 23.0 Å². The highest BCUT2D eigenvalue weighted by Gasteiger charge is 2.19. The Morgan fingerprint density at radius 1 is 0.574 bits per heavy atom. The first-order valence-electron chi connectivity index (χ1n) is 18.5. The number of nitrogens with zero attached hydrogens (tertiary/aromatic N) is 2. The molecule has 6 aromatic rings. The topological polar surface area (TPSA) is 133 Å². The molecule has 2 heterocycles. The Morgan fingerprint density at radius 2 is 0.981 bits per heavy atom. The van der Waals surface area contributed by atoms with E-state index >= 15 is 0 Å². The minimum absolute atomic E-state index is 0.167. The second-order valence-corrected chi connectivity index (χ2v) is 13.7. The lowest BCUT2D eigenvalue weighted by Gasteiger charge is -2.15. The monoisotopic (exact) mass is 730 g/mol. The molecule has 0 radical (unpaired) electrons. The molecule has 10 heteroatoms. The number of unbranched alkanes of at least 4 members (excludes halogenated alkanes) is 3. The number of rotatable bonds is 19. The highest BCUT2D eigenvalue weighted by Crippen LogP contribution is 2.33. The lowest BCUT2D eigenvalue weighted by Crippen LogP contribution is -2.14. The van der Waals surface area contributed by atoms with Gasteiger partial charge in [0.25, 0.3) is 0 Å². The first kappa shape index (κ1) is 37.8. The summed E-state index contributed by atoms with van der Waals surface area (Å²) >= 11 is 0. The number of hydrogen-bond donors (Lipinski definition) is 2. The Labute approximate surface area is 316 Å². The van der Waals surface area contributed by atoms with Crippen molar-refractivity contribution in [2.24, 2.45) is 11.5 Å². The molecule has 54 heavy (non-hydrogen) atoms. The average molecular weight is 731 g/mol. The predicted octanol–water partition coefficient (Wildman–Crippen LogP) is 7.40. The number of carbonyl (C=O) groups excluding carboxylic acids is 2. The normalized spacial score (nSPS) is 11.3. The molecule has 0 saturated carbocycles. The van der Waals surface area contributed by atoms with Gasteiger partial charge in [0.05, 0.1) is 53.4 Å².